The average molecular weight is 1170 g/mol. The predicted molar refractivity (Wildman–Crippen MR) is 286 cm³/mol. The van der Waals surface area contributed by atoms with Gasteiger partial charge in [-0.05, 0) is 154 Å². The van der Waals surface area contributed by atoms with E-state index in [0.29, 0.717) is 18.1 Å². The number of esters is 3. The van der Waals surface area contributed by atoms with Gasteiger partial charge in [-0.15, -0.1) is 0 Å². The van der Waals surface area contributed by atoms with Crippen LogP contribution >= 0.6 is 42.3 Å². The van der Waals surface area contributed by atoms with Crippen LogP contribution in [0.3, 0.4) is 0 Å². The zero-order chi connectivity index (χ0) is 53.6. The molecule has 1 aliphatic rings. The lowest BCUT2D eigenvalue weighted by atomic mass is 9.90. The van der Waals surface area contributed by atoms with Crippen molar-refractivity contribution in [3.05, 3.63) is 135 Å². The Morgan fingerprint density at radius 3 is 1.82 bits per heavy atom. The van der Waals surface area contributed by atoms with E-state index in [2.05, 4.69) is 136 Å². The molecule has 390 valence electrons. The molecule has 3 atom stereocenters. The Hall–Kier alpha value is -4.81. The minimum Gasteiger partial charge on any atom is -0.748 e. The third-order valence-corrected chi connectivity index (χ3v) is 16.5. The number of carbonyl (C=O) groups excluding carboxylic acids is 3. The van der Waals surface area contributed by atoms with E-state index in [4.69, 9.17) is 14.6 Å². The van der Waals surface area contributed by atoms with Gasteiger partial charge < -0.3 is 23.9 Å². The zero-order valence-corrected chi connectivity index (χ0v) is 46.5. The van der Waals surface area contributed by atoms with Gasteiger partial charge in [0.05, 0.1) is 31.7 Å². The van der Waals surface area contributed by atoms with Crippen LogP contribution in [0.2, 0.25) is 0 Å². The summed E-state index contributed by atoms with van der Waals surface area (Å²) in [6, 6.07) is 38.2. The Morgan fingerprint density at radius 1 is 0.806 bits per heavy atom. The van der Waals surface area contributed by atoms with E-state index >= 15 is 0 Å². The van der Waals surface area contributed by atoms with Gasteiger partial charge in [-0.1, -0.05) is 105 Å². The minimum atomic E-state index is -5.35. The number of phenolic OH excluding ortho intramolecular Hbond substituents is 1. The van der Waals surface area contributed by atoms with E-state index < -0.39 is 57.3 Å². The molecule has 0 aliphatic heterocycles. The molecule has 3 unspecified atom stereocenters. The van der Waals surface area contributed by atoms with Crippen LogP contribution < -0.4 is 4.74 Å². The third kappa shape index (κ3) is 17.1. The van der Waals surface area contributed by atoms with Crippen molar-refractivity contribution in [2.75, 3.05) is 5.75 Å². The van der Waals surface area contributed by atoms with E-state index in [1.54, 1.807) is 26.0 Å². The molecule has 1 fully saturated rings. The molecule has 10 nitrogen and oxygen atoms in total. The van der Waals surface area contributed by atoms with Crippen molar-refractivity contribution in [1.29, 1.82) is 0 Å². The highest BCUT2D eigenvalue weighted by atomic mass is 79.9. The summed E-state index contributed by atoms with van der Waals surface area (Å²) in [5.41, 5.74) is 0.218. The molecular weight excluding hydrogens is 1100 g/mol. The number of thiophene rings is 1. The van der Waals surface area contributed by atoms with Crippen LogP contribution in [0.5, 0.6) is 11.5 Å². The Balaban J connectivity index is 0.000000221. The highest BCUT2D eigenvalue weighted by Gasteiger charge is 2.45. The fourth-order valence-corrected chi connectivity index (χ4v) is 11.5. The van der Waals surface area contributed by atoms with Gasteiger partial charge in [0.25, 0.3) is 0 Å². The molecule has 72 heavy (non-hydrogen) atoms. The molecule has 1 N–H and O–H groups in total. The molecule has 17 heteroatoms. The molecule has 7 rings (SSSR count). The molecular formula is C55H63Br2F3O10S2. The van der Waals surface area contributed by atoms with Crippen molar-refractivity contribution in [3.8, 4) is 16.4 Å². The summed E-state index contributed by atoms with van der Waals surface area (Å²) in [5.74, 6) is -4.41. The average Bonchev–Trinajstić information content (AvgIpc) is 3.92. The Bertz CT molecular complexity index is 2810. The van der Waals surface area contributed by atoms with Crippen molar-refractivity contribution >= 4 is 90.5 Å². The first-order valence-electron chi connectivity index (χ1n) is 23.7. The second-order valence-electron chi connectivity index (χ2n) is 18.5. The molecule has 0 saturated heterocycles. The number of benzene rings is 5. The molecule has 1 saturated carbocycles. The maximum atomic E-state index is 13.0. The molecule has 5 aromatic carbocycles. The van der Waals surface area contributed by atoms with Crippen LogP contribution in [-0.4, -0.2) is 59.6 Å². The molecule has 0 spiro atoms. The number of phenols is 1. The van der Waals surface area contributed by atoms with Crippen LogP contribution in [0.1, 0.15) is 122 Å². The van der Waals surface area contributed by atoms with Crippen LogP contribution in [0.4, 0.5) is 13.2 Å². The van der Waals surface area contributed by atoms with Crippen molar-refractivity contribution in [1.82, 2.24) is 0 Å². The van der Waals surface area contributed by atoms with Crippen LogP contribution in [0, 0.1) is 11.3 Å². The van der Waals surface area contributed by atoms with Crippen molar-refractivity contribution in [2.45, 2.75) is 124 Å². The first-order valence-corrected chi connectivity index (χ1v) is 28.0. The molecule has 6 aromatic rings. The molecule has 0 radical (unpaired) electrons. The summed E-state index contributed by atoms with van der Waals surface area (Å²) in [5, 5.41) is 11.8. The fourth-order valence-electron chi connectivity index (χ4n) is 7.19. The smallest absolute Gasteiger partial charge is 0.426 e. The number of hydrogen-bond donors (Lipinski definition) is 1. The van der Waals surface area contributed by atoms with Gasteiger partial charge in [-0.25, -0.2) is 13.2 Å². The topological polar surface area (TPSA) is 156 Å². The first-order chi connectivity index (χ1) is 33.7. The monoisotopic (exact) mass is 1160 g/mol. The summed E-state index contributed by atoms with van der Waals surface area (Å²) < 4.78 is 89.1. The van der Waals surface area contributed by atoms with Crippen molar-refractivity contribution in [3.63, 3.8) is 0 Å². The van der Waals surface area contributed by atoms with Gasteiger partial charge in [-0.3, -0.25) is 9.59 Å². The number of fused-ring (bicyclic) bond motifs is 3. The quantitative estimate of drug-likeness (QED) is 0.0511. The number of aromatic hydroxyl groups is 1. The molecule has 0 bridgehead atoms. The van der Waals surface area contributed by atoms with E-state index in [1.165, 1.54) is 49.5 Å². The molecule has 1 heterocycles. The van der Waals surface area contributed by atoms with Gasteiger partial charge in [0, 0.05) is 25.7 Å². The lowest BCUT2D eigenvalue weighted by molar-refractivity contribution is -0.197. The second-order valence-corrected chi connectivity index (χ2v) is 23.6. The van der Waals surface area contributed by atoms with Crippen molar-refractivity contribution in [2.24, 2.45) is 11.3 Å². The summed E-state index contributed by atoms with van der Waals surface area (Å²) in [6.45, 7) is 15.6. The van der Waals surface area contributed by atoms with E-state index in [1.807, 2.05) is 32.9 Å². The number of ether oxygens (including phenoxy) is 3. The van der Waals surface area contributed by atoms with E-state index in [0.717, 1.165) is 31.7 Å². The SMILES string of the molecule is CCC(C)(C)C(=O)OC1(C)CCCC1.CCC(C)C(=O)Oc1c(Br)cc(Br)cc1C(=O)OC(CS(=O)(=O)[O-])C(F)(F)F.CCC(C)c1ccc(O)cc1.c1ccc(-[s+]2c3ccccc3c3ccccc32)cc1. The van der Waals surface area contributed by atoms with E-state index in [-0.39, 0.29) is 36.4 Å². The largest absolute Gasteiger partial charge is 0.748 e. The summed E-state index contributed by atoms with van der Waals surface area (Å²) in [7, 11) is -5.29. The van der Waals surface area contributed by atoms with Gasteiger partial charge >= 0.3 is 24.1 Å². The standard InChI is InChI=1S/C18H13S.C15H15Br2F3O7S.C12H22O2.C10H14O/c1-2-8-14(9-3-1)19-17-12-6-4-10-15(17)16-11-5-7-13-18(16)19;1-3-7(2)13(21)27-12-9(4-8(16)5-10(12)17)14(22)26-11(15(18,19)20)6-28(23,24)25;1-5-11(2,3)10(13)14-12(4)8-6-7-9-12;1-3-8(2)9-4-6-10(11)7-5-9/h1-13H;4-5,7,11H,3,6H2,1-2H3,(H,23,24,25);5-9H2,1-4H3;4-8,11H,3H2,1-2H3/q+1;;;/p-1. The molecule has 1 aromatic heterocycles. The van der Waals surface area contributed by atoms with Gasteiger partial charge in [0.2, 0.25) is 6.10 Å². The van der Waals surface area contributed by atoms with Crippen LogP contribution in [0.25, 0.3) is 25.1 Å². The first kappa shape index (κ1) is 59.8. The number of rotatable bonds is 13. The maximum Gasteiger partial charge on any atom is 0.426 e. The molecule has 1 aliphatic carbocycles. The van der Waals surface area contributed by atoms with Crippen molar-refractivity contribution < 1.29 is 59.8 Å². The highest BCUT2D eigenvalue weighted by molar-refractivity contribution is 9.11. The Kier molecular flexibility index (Phi) is 21.9. The minimum absolute atomic E-state index is 0.0376. The highest BCUT2D eigenvalue weighted by Crippen LogP contribution is 2.48. The van der Waals surface area contributed by atoms with Gasteiger partial charge in [-0.2, -0.15) is 13.2 Å². The van der Waals surface area contributed by atoms with Crippen LogP contribution in [0.15, 0.2) is 124 Å². The van der Waals surface area contributed by atoms with Crippen LogP contribution in [-0.2, 0) is 29.2 Å². The number of carbonyl (C=O) groups is 3. The number of halogens is 5. The number of hydrogen-bond acceptors (Lipinski definition) is 10. The lowest BCUT2D eigenvalue weighted by Crippen LogP contribution is -2.39. The fraction of sp³-hybridized carbons (Fsp3) is 0.400. The zero-order valence-electron chi connectivity index (χ0n) is 41.7. The number of alkyl halides is 3. The second kappa shape index (κ2) is 26.4. The molecule has 0 amide bonds. The van der Waals surface area contributed by atoms with E-state index in [9.17, 15) is 40.5 Å². The summed E-state index contributed by atoms with van der Waals surface area (Å²) in [6.07, 6.45) is -1.66. The normalized spacial score (nSPS) is 14.5. The van der Waals surface area contributed by atoms with Gasteiger partial charge in [0.15, 0.2) is 20.0 Å². The summed E-state index contributed by atoms with van der Waals surface area (Å²) in [4.78, 5) is 37.5. The summed E-state index contributed by atoms with van der Waals surface area (Å²) >= 11 is 6.07. The Labute approximate surface area is 440 Å². The Morgan fingerprint density at radius 2 is 1.33 bits per heavy atom. The lowest BCUT2D eigenvalue weighted by Gasteiger charge is -2.29. The predicted octanol–water partition coefficient (Wildman–Crippen LogP) is 15.7. The third-order valence-electron chi connectivity index (χ3n) is 12.4. The van der Waals surface area contributed by atoms with Gasteiger partial charge in [0.1, 0.15) is 16.9 Å². The maximum absolute atomic E-state index is 13.0.